The number of carbonyl (C=O) groups is 2. The van der Waals surface area contributed by atoms with E-state index in [-0.39, 0.29) is 33.8 Å². The van der Waals surface area contributed by atoms with Gasteiger partial charge in [-0.15, -0.1) is 0 Å². The molecule has 7 nitrogen and oxygen atoms in total. The van der Waals surface area contributed by atoms with Crippen LogP contribution in [0.5, 0.6) is 0 Å². The topological polar surface area (TPSA) is 84.0 Å². The molecule has 0 saturated carbocycles. The third kappa shape index (κ3) is 6.31. The Kier molecular flexibility index (Phi) is 8.10. The Morgan fingerprint density at radius 1 is 1.21 bits per heavy atom. The van der Waals surface area contributed by atoms with E-state index in [0.29, 0.717) is 13.1 Å². The molecule has 0 radical (unpaired) electrons. The summed E-state index contributed by atoms with van der Waals surface area (Å²) in [5.41, 5.74) is 0.704. The highest BCUT2D eigenvalue weighted by molar-refractivity contribution is 7.89. The third-order valence-electron chi connectivity index (χ3n) is 5.49. The second-order valence-corrected chi connectivity index (χ2v) is 10.5. The molecule has 1 saturated heterocycles. The molecule has 1 unspecified atom stereocenters. The van der Waals surface area contributed by atoms with E-state index in [1.807, 2.05) is 6.92 Å². The zero-order valence-electron chi connectivity index (χ0n) is 18.5. The number of likely N-dealkylation sites (N-methyl/N-ethyl adjacent to an activating group) is 1. The maximum Gasteiger partial charge on any atom is 0.338 e. The first-order valence-corrected chi connectivity index (χ1v) is 12.3. The summed E-state index contributed by atoms with van der Waals surface area (Å²) in [7, 11) is -2.34. The number of hydrogen-bond donors (Lipinski definition) is 0. The number of esters is 1. The molecule has 0 spiro atoms. The molecule has 1 atom stereocenters. The van der Waals surface area contributed by atoms with Crippen molar-refractivity contribution in [2.24, 2.45) is 5.92 Å². The van der Waals surface area contributed by atoms with Crippen LogP contribution >= 0.6 is 11.6 Å². The minimum atomic E-state index is -3.87. The summed E-state index contributed by atoms with van der Waals surface area (Å²) < 4.78 is 45.7. The number of benzene rings is 2. The monoisotopic (exact) mass is 496 g/mol. The van der Waals surface area contributed by atoms with E-state index in [2.05, 4.69) is 0 Å². The minimum absolute atomic E-state index is 0.0138. The number of piperidine rings is 1. The van der Waals surface area contributed by atoms with Crippen molar-refractivity contribution >= 4 is 33.5 Å². The molecule has 0 aliphatic carbocycles. The third-order valence-corrected chi connectivity index (χ3v) is 7.84. The van der Waals surface area contributed by atoms with Gasteiger partial charge in [0.15, 0.2) is 6.61 Å². The first-order chi connectivity index (χ1) is 15.6. The lowest BCUT2D eigenvalue weighted by molar-refractivity contribution is -0.133. The maximum absolute atomic E-state index is 13.1. The van der Waals surface area contributed by atoms with Crippen LogP contribution in [0.3, 0.4) is 0 Å². The van der Waals surface area contributed by atoms with Crippen LogP contribution in [-0.4, -0.2) is 56.2 Å². The fourth-order valence-corrected chi connectivity index (χ4v) is 5.70. The maximum atomic E-state index is 13.1. The highest BCUT2D eigenvalue weighted by Crippen LogP contribution is 2.29. The predicted octanol–water partition coefficient (Wildman–Crippen LogP) is 3.72. The van der Waals surface area contributed by atoms with Gasteiger partial charge in [-0.2, -0.15) is 4.31 Å². The van der Waals surface area contributed by atoms with Gasteiger partial charge in [-0.05, 0) is 54.7 Å². The summed E-state index contributed by atoms with van der Waals surface area (Å²) in [6, 6.07) is 9.59. The van der Waals surface area contributed by atoms with Crippen molar-refractivity contribution in [1.29, 1.82) is 0 Å². The van der Waals surface area contributed by atoms with E-state index in [1.165, 1.54) is 46.6 Å². The van der Waals surface area contributed by atoms with Crippen molar-refractivity contribution in [2.45, 2.75) is 31.2 Å². The molecule has 1 aliphatic rings. The van der Waals surface area contributed by atoms with Gasteiger partial charge in [-0.1, -0.05) is 30.7 Å². The molecular formula is C23H26ClFN2O5S. The zero-order valence-corrected chi connectivity index (χ0v) is 20.0. The quantitative estimate of drug-likeness (QED) is 0.545. The first kappa shape index (κ1) is 25.1. The van der Waals surface area contributed by atoms with Crippen LogP contribution in [0, 0.1) is 11.7 Å². The predicted molar refractivity (Wildman–Crippen MR) is 122 cm³/mol. The molecule has 0 aromatic heterocycles. The summed E-state index contributed by atoms with van der Waals surface area (Å²) in [5.74, 6) is -1.44. The average molecular weight is 497 g/mol. The van der Waals surface area contributed by atoms with Gasteiger partial charge in [0.1, 0.15) is 10.7 Å². The van der Waals surface area contributed by atoms with Crippen molar-refractivity contribution in [3.8, 4) is 0 Å². The molecular weight excluding hydrogens is 471 g/mol. The van der Waals surface area contributed by atoms with E-state index in [4.69, 9.17) is 16.3 Å². The standard InChI is InChI=1S/C23H26ClFN2O5S/c1-16-4-3-11-27(13-16)33(30,31)21-12-18(7-10-20(21)24)23(29)32-15-22(28)26(2)14-17-5-8-19(25)9-6-17/h5-10,12,16H,3-4,11,13-15H2,1-2H3. The smallest absolute Gasteiger partial charge is 0.338 e. The molecule has 10 heteroatoms. The first-order valence-electron chi connectivity index (χ1n) is 10.5. The number of hydrogen-bond acceptors (Lipinski definition) is 5. The Hall–Kier alpha value is -2.49. The second kappa shape index (κ2) is 10.6. The van der Waals surface area contributed by atoms with Gasteiger partial charge in [-0.3, -0.25) is 4.79 Å². The number of amides is 1. The Morgan fingerprint density at radius 2 is 1.91 bits per heavy atom. The molecule has 0 bridgehead atoms. The van der Waals surface area contributed by atoms with Gasteiger partial charge in [-0.25, -0.2) is 17.6 Å². The van der Waals surface area contributed by atoms with Crippen molar-refractivity contribution in [2.75, 3.05) is 26.7 Å². The molecule has 3 rings (SSSR count). The molecule has 1 amide bonds. The van der Waals surface area contributed by atoms with Crippen LogP contribution in [0.15, 0.2) is 47.4 Å². The zero-order chi connectivity index (χ0) is 24.2. The van der Waals surface area contributed by atoms with Gasteiger partial charge in [0.05, 0.1) is 10.6 Å². The second-order valence-electron chi connectivity index (χ2n) is 8.21. The van der Waals surface area contributed by atoms with Gasteiger partial charge >= 0.3 is 5.97 Å². The van der Waals surface area contributed by atoms with E-state index < -0.39 is 28.5 Å². The lowest BCUT2D eigenvalue weighted by Crippen LogP contribution is -2.39. The largest absolute Gasteiger partial charge is 0.452 e. The van der Waals surface area contributed by atoms with Crippen LogP contribution in [0.25, 0.3) is 0 Å². The number of halogens is 2. The van der Waals surface area contributed by atoms with Gasteiger partial charge in [0.25, 0.3) is 5.91 Å². The Labute approximate surface area is 198 Å². The van der Waals surface area contributed by atoms with E-state index in [1.54, 1.807) is 12.1 Å². The van der Waals surface area contributed by atoms with Gasteiger partial charge < -0.3 is 9.64 Å². The number of nitrogens with zero attached hydrogens (tertiary/aromatic N) is 2. The molecule has 2 aromatic rings. The van der Waals surface area contributed by atoms with Gasteiger partial charge in [0, 0.05) is 26.7 Å². The summed E-state index contributed by atoms with van der Waals surface area (Å²) in [4.78, 5) is 26.0. The van der Waals surface area contributed by atoms with Crippen molar-refractivity contribution in [3.63, 3.8) is 0 Å². The molecule has 0 N–H and O–H groups in total. The molecule has 1 aliphatic heterocycles. The molecule has 33 heavy (non-hydrogen) atoms. The minimum Gasteiger partial charge on any atom is -0.452 e. The van der Waals surface area contributed by atoms with Crippen LogP contribution in [0.1, 0.15) is 35.7 Å². The summed E-state index contributed by atoms with van der Waals surface area (Å²) in [5, 5.41) is 0.0138. The molecule has 1 heterocycles. The van der Waals surface area contributed by atoms with E-state index in [0.717, 1.165) is 18.4 Å². The number of ether oxygens (including phenoxy) is 1. The average Bonchev–Trinajstić information content (AvgIpc) is 2.78. The summed E-state index contributed by atoms with van der Waals surface area (Å²) >= 11 is 6.15. The SMILES string of the molecule is CC1CCCN(S(=O)(=O)c2cc(C(=O)OCC(=O)N(C)Cc3ccc(F)cc3)ccc2Cl)C1. The van der Waals surface area contributed by atoms with Crippen LogP contribution < -0.4 is 0 Å². The Morgan fingerprint density at radius 3 is 2.58 bits per heavy atom. The Balaban J connectivity index is 1.65. The van der Waals surface area contributed by atoms with Crippen LogP contribution in [0.4, 0.5) is 4.39 Å². The highest BCUT2D eigenvalue weighted by Gasteiger charge is 2.31. The summed E-state index contributed by atoms with van der Waals surface area (Å²) in [6.45, 7) is 2.47. The number of rotatable bonds is 7. The van der Waals surface area contributed by atoms with E-state index in [9.17, 15) is 22.4 Å². The highest BCUT2D eigenvalue weighted by atomic mass is 35.5. The van der Waals surface area contributed by atoms with Crippen LogP contribution in [0.2, 0.25) is 5.02 Å². The fourth-order valence-electron chi connectivity index (χ4n) is 3.60. The van der Waals surface area contributed by atoms with Crippen molar-refractivity contribution in [1.82, 2.24) is 9.21 Å². The van der Waals surface area contributed by atoms with Crippen molar-refractivity contribution in [3.05, 3.63) is 64.4 Å². The van der Waals surface area contributed by atoms with E-state index >= 15 is 0 Å². The van der Waals surface area contributed by atoms with Crippen molar-refractivity contribution < 1.29 is 27.1 Å². The molecule has 178 valence electrons. The molecule has 1 fully saturated rings. The van der Waals surface area contributed by atoms with Gasteiger partial charge in [0.2, 0.25) is 10.0 Å². The lowest BCUT2D eigenvalue weighted by atomic mass is 10.0. The van der Waals surface area contributed by atoms with Crippen LogP contribution in [-0.2, 0) is 26.1 Å². The fraction of sp³-hybridized carbons (Fsp3) is 0.391. The lowest BCUT2D eigenvalue weighted by Gasteiger charge is -2.30. The number of sulfonamides is 1. The summed E-state index contributed by atoms with van der Waals surface area (Å²) in [6.07, 6.45) is 1.71. The Bertz CT molecular complexity index is 1120. The molecule has 2 aromatic carbocycles. The normalized spacial score (nSPS) is 16.9. The number of carbonyl (C=O) groups excluding carboxylic acids is 2.